The van der Waals surface area contributed by atoms with Crippen LogP contribution in [-0.4, -0.2) is 34.1 Å². The number of nitrogens with zero attached hydrogens (tertiary/aromatic N) is 3. The zero-order chi connectivity index (χ0) is 19.2. The minimum atomic E-state index is -0.446. The van der Waals surface area contributed by atoms with Gasteiger partial charge in [0.2, 0.25) is 11.8 Å². The van der Waals surface area contributed by atoms with Gasteiger partial charge in [-0.25, -0.2) is 0 Å². The van der Waals surface area contributed by atoms with Crippen molar-refractivity contribution in [3.63, 3.8) is 0 Å². The lowest BCUT2D eigenvalue weighted by molar-refractivity contribution is -0.130. The van der Waals surface area contributed by atoms with Gasteiger partial charge in [-0.15, -0.1) is 10.2 Å². The summed E-state index contributed by atoms with van der Waals surface area (Å²) in [6.45, 7) is 5.24. The van der Waals surface area contributed by atoms with Crippen molar-refractivity contribution in [2.75, 3.05) is 13.1 Å². The van der Waals surface area contributed by atoms with Gasteiger partial charge in [0.15, 0.2) is 0 Å². The van der Waals surface area contributed by atoms with Crippen LogP contribution in [-0.2, 0) is 4.79 Å². The van der Waals surface area contributed by atoms with Gasteiger partial charge in [0.25, 0.3) is 5.22 Å². The van der Waals surface area contributed by atoms with Gasteiger partial charge in [-0.1, -0.05) is 48.0 Å². The van der Waals surface area contributed by atoms with Gasteiger partial charge in [0, 0.05) is 23.7 Å². The Balaban J connectivity index is 1.87. The predicted molar refractivity (Wildman–Crippen MR) is 108 cm³/mol. The standard InChI is InChI=1S/C20H20ClN3O2S/c1-3-24(4-2)19(25)17(14-9-6-5-7-10-14)27-20-23-22-18(26-20)15-11-8-12-16(21)13-15/h5-13,17H,3-4H2,1-2H3/t17-/m0/s1. The molecule has 1 atom stereocenters. The SMILES string of the molecule is CCN(CC)C(=O)[C@@H](Sc1nnc(-c2cccc(Cl)c2)o1)c1ccccc1. The molecule has 0 spiro atoms. The maximum atomic E-state index is 13.0. The fourth-order valence-electron chi connectivity index (χ4n) is 2.69. The molecule has 27 heavy (non-hydrogen) atoms. The van der Waals surface area contributed by atoms with Crippen LogP contribution in [0.2, 0.25) is 5.02 Å². The Morgan fingerprint density at radius 2 is 1.85 bits per heavy atom. The second-order valence-corrected chi connectivity index (χ2v) is 7.30. The summed E-state index contributed by atoms with van der Waals surface area (Å²) in [6.07, 6.45) is 0. The predicted octanol–water partition coefficient (Wildman–Crippen LogP) is 5.09. The molecule has 1 aromatic heterocycles. The van der Waals surface area contributed by atoms with Crippen LogP contribution in [0.25, 0.3) is 11.5 Å². The van der Waals surface area contributed by atoms with E-state index in [-0.39, 0.29) is 5.91 Å². The molecule has 0 radical (unpaired) electrons. The number of hydrogen-bond donors (Lipinski definition) is 0. The van der Waals surface area contributed by atoms with Gasteiger partial charge in [0.1, 0.15) is 5.25 Å². The quantitative estimate of drug-likeness (QED) is 0.516. The van der Waals surface area contributed by atoms with Crippen molar-refractivity contribution >= 4 is 29.3 Å². The van der Waals surface area contributed by atoms with Crippen molar-refractivity contribution in [2.24, 2.45) is 0 Å². The number of aromatic nitrogens is 2. The van der Waals surface area contributed by atoms with E-state index in [1.54, 1.807) is 17.0 Å². The number of halogens is 1. The smallest absolute Gasteiger partial charge is 0.277 e. The van der Waals surface area contributed by atoms with Crippen molar-refractivity contribution in [1.82, 2.24) is 15.1 Å². The van der Waals surface area contributed by atoms with Gasteiger partial charge in [0.05, 0.1) is 0 Å². The lowest BCUT2D eigenvalue weighted by atomic mass is 10.1. The fourth-order valence-corrected chi connectivity index (χ4v) is 3.84. The molecule has 0 aliphatic rings. The van der Waals surface area contributed by atoms with Crippen LogP contribution in [0, 0.1) is 0 Å². The minimum absolute atomic E-state index is 0.0266. The monoisotopic (exact) mass is 401 g/mol. The Hall–Kier alpha value is -2.31. The van der Waals surface area contributed by atoms with Crippen molar-refractivity contribution in [3.05, 3.63) is 65.2 Å². The van der Waals surface area contributed by atoms with Crippen molar-refractivity contribution in [3.8, 4) is 11.5 Å². The highest BCUT2D eigenvalue weighted by Gasteiger charge is 2.28. The highest BCUT2D eigenvalue weighted by Crippen LogP contribution is 2.37. The number of amides is 1. The van der Waals surface area contributed by atoms with E-state index >= 15 is 0 Å². The van der Waals surface area contributed by atoms with E-state index in [9.17, 15) is 4.79 Å². The first kappa shape index (κ1) is 19.5. The maximum absolute atomic E-state index is 13.0. The van der Waals surface area contributed by atoms with Crippen molar-refractivity contribution in [1.29, 1.82) is 0 Å². The van der Waals surface area contributed by atoms with Gasteiger partial charge >= 0.3 is 0 Å². The molecule has 0 unspecified atom stereocenters. The summed E-state index contributed by atoms with van der Waals surface area (Å²) in [4.78, 5) is 14.8. The van der Waals surface area contributed by atoms with Crippen LogP contribution >= 0.6 is 23.4 Å². The Labute approximate surface area is 167 Å². The van der Waals surface area contributed by atoms with Crippen LogP contribution in [0.1, 0.15) is 24.7 Å². The highest BCUT2D eigenvalue weighted by molar-refractivity contribution is 8.00. The Kier molecular flexibility index (Phi) is 6.53. The van der Waals surface area contributed by atoms with Crippen molar-refractivity contribution < 1.29 is 9.21 Å². The maximum Gasteiger partial charge on any atom is 0.277 e. The lowest BCUT2D eigenvalue weighted by Gasteiger charge is -2.24. The second-order valence-electron chi connectivity index (χ2n) is 5.80. The van der Waals surface area contributed by atoms with Crippen LogP contribution in [0.5, 0.6) is 0 Å². The van der Waals surface area contributed by atoms with Crippen molar-refractivity contribution in [2.45, 2.75) is 24.3 Å². The molecular weight excluding hydrogens is 382 g/mol. The molecule has 0 saturated heterocycles. The third-order valence-electron chi connectivity index (χ3n) is 4.10. The molecule has 0 N–H and O–H groups in total. The molecule has 1 heterocycles. The second kappa shape index (κ2) is 9.06. The van der Waals surface area contributed by atoms with E-state index in [0.717, 1.165) is 11.1 Å². The summed E-state index contributed by atoms with van der Waals surface area (Å²) < 4.78 is 5.79. The first-order valence-electron chi connectivity index (χ1n) is 8.72. The van der Waals surface area contributed by atoms with Crippen LogP contribution in [0.3, 0.4) is 0 Å². The summed E-state index contributed by atoms with van der Waals surface area (Å²) in [5.74, 6) is 0.404. The van der Waals surface area contributed by atoms with Crippen LogP contribution in [0.4, 0.5) is 0 Å². The number of rotatable bonds is 7. The number of carbonyl (C=O) groups is 1. The number of carbonyl (C=O) groups excluding carboxylic acids is 1. The van der Waals surface area contributed by atoms with Gasteiger partial charge in [-0.3, -0.25) is 4.79 Å². The number of hydrogen-bond acceptors (Lipinski definition) is 5. The normalized spacial score (nSPS) is 12.0. The highest BCUT2D eigenvalue weighted by atomic mass is 35.5. The van der Waals surface area contributed by atoms with Gasteiger partial charge in [-0.05, 0) is 49.4 Å². The number of likely N-dealkylation sites (N-methyl/N-ethyl adjacent to an activating group) is 1. The summed E-state index contributed by atoms with van der Waals surface area (Å²) in [6, 6.07) is 16.9. The average molecular weight is 402 g/mol. The molecule has 1 amide bonds. The van der Waals surface area contributed by atoms with E-state index < -0.39 is 5.25 Å². The Morgan fingerprint density at radius 3 is 2.52 bits per heavy atom. The molecule has 140 valence electrons. The molecule has 7 heteroatoms. The van der Waals surface area contributed by atoms with Gasteiger partial charge in [-0.2, -0.15) is 0 Å². The summed E-state index contributed by atoms with van der Waals surface area (Å²) in [5, 5.41) is 8.71. The van der Waals surface area contributed by atoms with E-state index in [4.69, 9.17) is 16.0 Å². The van der Waals surface area contributed by atoms with E-state index in [0.29, 0.717) is 29.2 Å². The molecule has 2 aromatic carbocycles. The molecular formula is C20H20ClN3O2S. The topological polar surface area (TPSA) is 59.2 Å². The summed E-state index contributed by atoms with van der Waals surface area (Å²) >= 11 is 7.29. The molecule has 0 fully saturated rings. The van der Waals surface area contributed by atoms with Gasteiger partial charge < -0.3 is 9.32 Å². The number of benzene rings is 2. The first-order valence-corrected chi connectivity index (χ1v) is 9.98. The zero-order valence-electron chi connectivity index (χ0n) is 15.1. The largest absolute Gasteiger partial charge is 0.411 e. The summed E-state index contributed by atoms with van der Waals surface area (Å²) in [7, 11) is 0. The third kappa shape index (κ3) is 4.70. The summed E-state index contributed by atoms with van der Waals surface area (Å²) in [5.41, 5.74) is 1.65. The van der Waals surface area contributed by atoms with E-state index in [1.165, 1.54) is 11.8 Å². The molecule has 0 aliphatic heterocycles. The molecule has 5 nitrogen and oxygen atoms in total. The zero-order valence-corrected chi connectivity index (χ0v) is 16.7. The Morgan fingerprint density at radius 1 is 1.11 bits per heavy atom. The Bertz CT molecular complexity index is 897. The molecule has 3 rings (SSSR count). The molecule has 0 bridgehead atoms. The first-order chi connectivity index (χ1) is 13.1. The third-order valence-corrected chi connectivity index (χ3v) is 5.41. The molecule has 3 aromatic rings. The average Bonchev–Trinajstić information content (AvgIpc) is 3.16. The molecule has 0 saturated carbocycles. The van der Waals surface area contributed by atoms with E-state index in [1.807, 2.05) is 56.3 Å². The van der Waals surface area contributed by atoms with Crippen LogP contribution < -0.4 is 0 Å². The molecule has 0 aliphatic carbocycles. The van der Waals surface area contributed by atoms with Crippen LogP contribution in [0.15, 0.2) is 64.2 Å². The number of thioether (sulfide) groups is 1. The van der Waals surface area contributed by atoms with E-state index in [2.05, 4.69) is 10.2 Å². The minimum Gasteiger partial charge on any atom is -0.411 e. The lowest BCUT2D eigenvalue weighted by Crippen LogP contribution is -2.33. The fraction of sp³-hybridized carbons (Fsp3) is 0.250.